The minimum atomic E-state index is -4.33. The van der Waals surface area contributed by atoms with Crippen LogP contribution in [0.25, 0.3) is 0 Å². The van der Waals surface area contributed by atoms with Crippen molar-refractivity contribution in [1.29, 1.82) is 0 Å². The van der Waals surface area contributed by atoms with Gasteiger partial charge in [0.2, 0.25) is 18.0 Å². The standard InChI is InChI=1S/C46H64F2N5O14P/c1-27-21-46(65-50-27)17-16-28(2)52-24-33(46)53-23-31(38(56)49-22-29-14-15-30(47)20-32(29)48)36(55)37(35(53)39(52)57)63-40(58)45(12,13)18-19-51(25-34(54)64-42(3,4)5)41(59)61-26-62-68(60,66-43(6,7)8)67-44(9,10)11/h14-15,20,23,28,33H,16-19,21-22,24-26H2,1-13H3,(H,49,56)/t28-,33+,46-/m0/s1. The van der Waals surface area contributed by atoms with Crippen LogP contribution in [-0.2, 0) is 48.6 Å². The number of phosphoric acid groups is 1. The largest absolute Gasteiger partial charge is 0.478 e. The van der Waals surface area contributed by atoms with Crippen LogP contribution in [0.5, 0.6) is 5.75 Å². The number of carbonyl (C=O) groups is 5. The maximum atomic E-state index is 14.6. The average molecular weight is 980 g/mol. The van der Waals surface area contributed by atoms with Crippen molar-refractivity contribution in [2.45, 2.75) is 157 Å². The zero-order valence-electron chi connectivity index (χ0n) is 41.0. The first-order valence-corrected chi connectivity index (χ1v) is 23.7. The Morgan fingerprint density at radius 1 is 0.985 bits per heavy atom. The molecule has 3 aliphatic heterocycles. The third kappa shape index (κ3) is 13.3. The summed E-state index contributed by atoms with van der Waals surface area (Å²) < 4.78 is 76.4. The van der Waals surface area contributed by atoms with Crippen molar-refractivity contribution in [3.63, 3.8) is 0 Å². The lowest BCUT2D eigenvalue weighted by Gasteiger charge is -2.42. The van der Waals surface area contributed by atoms with Gasteiger partial charge in [0.25, 0.3) is 11.8 Å². The molecule has 1 saturated heterocycles. The number of esters is 2. The lowest BCUT2D eigenvalue weighted by atomic mass is 9.84. The molecule has 68 heavy (non-hydrogen) atoms. The number of hydrogen-bond donors (Lipinski definition) is 1. The number of carbonyl (C=O) groups excluding carboxylic acids is 5. The van der Waals surface area contributed by atoms with Crippen molar-refractivity contribution < 1.29 is 69.9 Å². The van der Waals surface area contributed by atoms with E-state index in [1.807, 2.05) is 6.92 Å². The molecule has 0 saturated carbocycles. The van der Waals surface area contributed by atoms with Crippen molar-refractivity contribution in [2.24, 2.45) is 10.6 Å². The molecular weight excluding hydrogens is 915 g/mol. The number of benzene rings is 1. The third-order valence-electron chi connectivity index (χ3n) is 11.0. The molecule has 2 bridgehead atoms. The Labute approximate surface area is 394 Å². The molecule has 3 atom stereocenters. The fourth-order valence-electron chi connectivity index (χ4n) is 7.79. The molecule has 376 valence electrons. The molecule has 1 aromatic heterocycles. The van der Waals surface area contributed by atoms with Crippen LogP contribution >= 0.6 is 7.82 Å². The number of halogens is 2. The van der Waals surface area contributed by atoms with Gasteiger partial charge in [0.15, 0.2) is 11.3 Å². The van der Waals surface area contributed by atoms with E-state index in [2.05, 4.69) is 10.5 Å². The van der Waals surface area contributed by atoms with Crippen molar-refractivity contribution in [1.82, 2.24) is 19.7 Å². The molecule has 2 aromatic rings. The Balaban J connectivity index is 1.47. The number of pyridine rings is 1. The van der Waals surface area contributed by atoms with E-state index in [4.69, 9.17) is 32.6 Å². The lowest BCUT2D eigenvalue weighted by molar-refractivity contribution is -0.156. The number of phosphoric ester groups is 1. The summed E-state index contributed by atoms with van der Waals surface area (Å²) in [4.78, 5) is 92.6. The number of nitrogens with zero attached hydrogens (tertiary/aromatic N) is 4. The maximum Gasteiger partial charge on any atom is 0.478 e. The van der Waals surface area contributed by atoms with Gasteiger partial charge < -0.3 is 33.8 Å². The van der Waals surface area contributed by atoms with E-state index >= 15 is 0 Å². The summed E-state index contributed by atoms with van der Waals surface area (Å²) in [7, 11) is -4.33. The van der Waals surface area contributed by atoms with Crippen LogP contribution in [0.1, 0.15) is 148 Å². The number of fused-ring (bicyclic) bond motifs is 5. The molecule has 0 aliphatic carbocycles. The van der Waals surface area contributed by atoms with E-state index in [1.54, 1.807) is 74.1 Å². The topological polar surface area (TPSA) is 220 Å². The SMILES string of the molecule is CC1=NO[C@@]2(CC[C@H](C)N3C[C@H]2n2cc(C(=O)NCc4ccc(F)cc4F)c(=O)c(OC(=O)C(C)(C)CCN(CC(=O)OC(C)(C)C)C(=O)OCOP(=O)(OC(C)(C)C)OC(C)(C)C)c2C3=O)C1. The first-order valence-electron chi connectivity index (χ1n) is 22.3. The van der Waals surface area contributed by atoms with Gasteiger partial charge in [0.05, 0.1) is 28.4 Å². The Morgan fingerprint density at radius 2 is 1.63 bits per heavy atom. The molecule has 0 unspecified atom stereocenters. The summed E-state index contributed by atoms with van der Waals surface area (Å²) in [5.41, 5.74) is -6.98. The van der Waals surface area contributed by atoms with Crippen LogP contribution in [0.15, 0.2) is 34.3 Å². The van der Waals surface area contributed by atoms with Gasteiger partial charge in [-0.05, 0) is 115 Å². The quantitative estimate of drug-likeness (QED) is 0.103. The first-order chi connectivity index (χ1) is 31.2. The minimum Gasteiger partial charge on any atom is -0.459 e. The molecule has 22 heteroatoms. The van der Waals surface area contributed by atoms with Crippen LogP contribution in [0.4, 0.5) is 13.6 Å². The van der Waals surface area contributed by atoms with Crippen molar-refractivity contribution >= 4 is 43.4 Å². The Hall–Kier alpha value is -5.24. The predicted octanol–water partition coefficient (Wildman–Crippen LogP) is 7.59. The average Bonchev–Trinajstić information content (AvgIpc) is 3.51. The second-order valence-electron chi connectivity index (χ2n) is 20.9. The molecule has 3 amide bonds. The molecule has 5 rings (SSSR count). The van der Waals surface area contributed by atoms with Crippen LogP contribution in [0.2, 0.25) is 0 Å². The molecule has 4 heterocycles. The number of rotatable bonds is 15. The zero-order valence-corrected chi connectivity index (χ0v) is 41.9. The highest BCUT2D eigenvalue weighted by Crippen LogP contribution is 2.55. The van der Waals surface area contributed by atoms with Gasteiger partial charge in [0.1, 0.15) is 29.3 Å². The Bertz CT molecular complexity index is 2420. The van der Waals surface area contributed by atoms with Gasteiger partial charge in [-0.1, -0.05) is 11.2 Å². The van der Waals surface area contributed by atoms with Gasteiger partial charge in [-0.15, -0.1) is 0 Å². The van der Waals surface area contributed by atoms with Crippen LogP contribution in [0.3, 0.4) is 0 Å². The number of nitrogens with one attached hydrogen (secondary N) is 1. The van der Waals surface area contributed by atoms with Crippen LogP contribution in [-0.4, -0.2) is 105 Å². The second kappa shape index (κ2) is 20.0. The fraction of sp³-hybridized carbons (Fsp3) is 0.630. The van der Waals surface area contributed by atoms with Crippen LogP contribution < -0.4 is 15.5 Å². The Kier molecular flexibility index (Phi) is 15.8. The molecule has 1 aromatic carbocycles. The summed E-state index contributed by atoms with van der Waals surface area (Å²) >= 11 is 0. The summed E-state index contributed by atoms with van der Waals surface area (Å²) in [5, 5.41) is 6.70. The summed E-state index contributed by atoms with van der Waals surface area (Å²) in [6.07, 6.45) is 1.09. The molecule has 1 fully saturated rings. The van der Waals surface area contributed by atoms with E-state index < -0.39 is 120 Å². The van der Waals surface area contributed by atoms with E-state index in [0.29, 0.717) is 31.0 Å². The van der Waals surface area contributed by atoms with Gasteiger partial charge in [-0.3, -0.25) is 37.9 Å². The molecule has 1 spiro atoms. The number of hydrogen-bond acceptors (Lipinski definition) is 15. The molecule has 0 radical (unpaired) electrons. The van der Waals surface area contributed by atoms with Gasteiger partial charge in [0, 0.05) is 49.9 Å². The van der Waals surface area contributed by atoms with E-state index in [0.717, 1.165) is 17.0 Å². The monoisotopic (exact) mass is 979 g/mol. The highest BCUT2D eigenvalue weighted by molar-refractivity contribution is 7.48. The van der Waals surface area contributed by atoms with Gasteiger partial charge in [-0.2, -0.15) is 0 Å². The van der Waals surface area contributed by atoms with Crippen molar-refractivity contribution in [2.75, 3.05) is 26.4 Å². The van der Waals surface area contributed by atoms with E-state index in [-0.39, 0.29) is 36.8 Å². The lowest BCUT2D eigenvalue weighted by Crippen LogP contribution is -2.52. The summed E-state index contributed by atoms with van der Waals surface area (Å²) in [6.45, 7) is 18.8. The molecule has 3 aliphatic rings. The maximum absolute atomic E-state index is 14.6. The zero-order chi connectivity index (χ0) is 50.9. The van der Waals surface area contributed by atoms with E-state index in [1.165, 1.54) is 24.6 Å². The molecule has 19 nitrogen and oxygen atoms in total. The summed E-state index contributed by atoms with van der Waals surface area (Å²) in [5.74, 6) is -6.09. The fourth-order valence-corrected chi connectivity index (χ4v) is 9.46. The second-order valence-corrected chi connectivity index (χ2v) is 22.5. The van der Waals surface area contributed by atoms with E-state index in [9.17, 15) is 42.1 Å². The number of amides is 3. The molecule has 1 N–H and O–H groups in total. The van der Waals surface area contributed by atoms with Gasteiger partial charge >= 0.3 is 25.9 Å². The van der Waals surface area contributed by atoms with Crippen molar-refractivity contribution in [3.8, 4) is 5.75 Å². The third-order valence-corrected chi connectivity index (χ3v) is 13.0. The number of oxime groups is 1. The normalized spacial score (nSPS) is 19.7. The Morgan fingerprint density at radius 3 is 2.21 bits per heavy atom. The minimum absolute atomic E-state index is 0.0815. The van der Waals surface area contributed by atoms with Crippen molar-refractivity contribution in [3.05, 3.63) is 63.1 Å². The summed E-state index contributed by atoms with van der Waals surface area (Å²) in [6, 6.07) is 1.70. The molecular formula is C46H64F2N5O14P. The first kappa shape index (κ1) is 53.7. The highest BCUT2D eigenvalue weighted by atomic mass is 31.2. The highest BCUT2D eigenvalue weighted by Gasteiger charge is 2.54. The van der Waals surface area contributed by atoms with Crippen LogP contribution in [0, 0.1) is 17.0 Å². The predicted molar refractivity (Wildman–Crippen MR) is 242 cm³/mol. The smallest absolute Gasteiger partial charge is 0.459 e. The van der Waals surface area contributed by atoms with Gasteiger partial charge in [-0.25, -0.2) is 22.7 Å². The number of ether oxygens (including phenoxy) is 3. The number of aromatic nitrogens is 1.